The van der Waals surface area contributed by atoms with Crippen LogP contribution in [0.4, 0.5) is 0 Å². The third-order valence-corrected chi connectivity index (χ3v) is 5.14. The molecule has 0 spiro atoms. The van der Waals surface area contributed by atoms with Gasteiger partial charge in [-0.15, -0.1) is 0 Å². The summed E-state index contributed by atoms with van der Waals surface area (Å²) in [6, 6.07) is 8.00. The maximum Gasteiger partial charge on any atom is 0.243 e. The molecule has 0 bridgehead atoms. The Morgan fingerprint density at radius 1 is 1.14 bits per heavy atom. The van der Waals surface area contributed by atoms with Crippen LogP contribution in [0.25, 0.3) is 11.0 Å². The highest BCUT2D eigenvalue weighted by Gasteiger charge is 2.23. The number of fused-ring (bicyclic) bond motifs is 1. The van der Waals surface area contributed by atoms with Crippen LogP contribution in [0.3, 0.4) is 0 Å². The van der Waals surface area contributed by atoms with Gasteiger partial charge in [-0.2, -0.15) is 0 Å². The summed E-state index contributed by atoms with van der Waals surface area (Å²) in [6.45, 7) is 14.2. The van der Waals surface area contributed by atoms with Crippen LogP contribution < -0.4 is 5.32 Å². The summed E-state index contributed by atoms with van der Waals surface area (Å²) in [6.07, 6.45) is 0. The van der Waals surface area contributed by atoms with E-state index in [4.69, 9.17) is 0 Å². The molecule has 0 saturated carbocycles. The van der Waals surface area contributed by atoms with Crippen LogP contribution in [0.2, 0.25) is 0 Å². The SMILES string of the molecule is CC(C)N(C(=O)Cn1c(SCC(=O)NC(C)(C)C)nc2ccccc21)C(C)C. The second kappa shape index (κ2) is 8.99. The first-order valence-electron chi connectivity index (χ1n) is 9.70. The van der Waals surface area contributed by atoms with Crippen molar-refractivity contribution in [2.45, 2.75) is 77.8 Å². The van der Waals surface area contributed by atoms with E-state index in [2.05, 4.69) is 10.3 Å². The summed E-state index contributed by atoms with van der Waals surface area (Å²) < 4.78 is 1.92. The van der Waals surface area contributed by atoms with Gasteiger partial charge in [0.05, 0.1) is 16.8 Å². The Hall–Kier alpha value is -2.02. The molecule has 0 atom stereocenters. The monoisotopic (exact) mass is 404 g/mol. The first-order valence-corrected chi connectivity index (χ1v) is 10.7. The predicted octanol–water partition coefficient (Wildman–Crippen LogP) is 3.69. The Morgan fingerprint density at radius 2 is 1.75 bits per heavy atom. The van der Waals surface area contributed by atoms with Gasteiger partial charge < -0.3 is 14.8 Å². The van der Waals surface area contributed by atoms with E-state index in [0.717, 1.165) is 11.0 Å². The van der Waals surface area contributed by atoms with E-state index in [9.17, 15) is 9.59 Å². The molecule has 2 aromatic rings. The van der Waals surface area contributed by atoms with E-state index in [0.29, 0.717) is 5.16 Å². The summed E-state index contributed by atoms with van der Waals surface area (Å²) in [5.74, 6) is 0.259. The summed E-state index contributed by atoms with van der Waals surface area (Å²) in [4.78, 5) is 31.8. The normalized spacial score (nSPS) is 12.0. The lowest BCUT2D eigenvalue weighted by atomic mass is 10.1. The highest BCUT2D eigenvalue weighted by Crippen LogP contribution is 2.25. The lowest BCUT2D eigenvalue weighted by molar-refractivity contribution is -0.135. The lowest BCUT2D eigenvalue weighted by Crippen LogP contribution is -2.43. The highest BCUT2D eigenvalue weighted by atomic mass is 32.2. The Balaban J connectivity index is 2.27. The molecule has 1 N–H and O–H groups in total. The maximum atomic E-state index is 13.0. The van der Waals surface area contributed by atoms with Crippen LogP contribution in [0.5, 0.6) is 0 Å². The molecule has 1 heterocycles. The summed E-state index contributed by atoms with van der Waals surface area (Å²) in [5.41, 5.74) is 1.46. The Labute approximate surface area is 172 Å². The van der Waals surface area contributed by atoms with Crippen molar-refractivity contribution >= 4 is 34.6 Å². The Morgan fingerprint density at radius 3 is 2.32 bits per heavy atom. The van der Waals surface area contributed by atoms with Crippen molar-refractivity contribution < 1.29 is 9.59 Å². The number of para-hydroxylation sites is 2. The largest absolute Gasteiger partial charge is 0.351 e. The van der Waals surface area contributed by atoms with Gasteiger partial charge >= 0.3 is 0 Å². The van der Waals surface area contributed by atoms with Gasteiger partial charge in [-0.3, -0.25) is 9.59 Å². The first kappa shape index (κ1) is 22.3. The molecule has 0 aliphatic rings. The zero-order chi connectivity index (χ0) is 21.1. The molecule has 1 aromatic heterocycles. The van der Waals surface area contributed by atoms with Gasteiger partial charge in [0, 0.05) is 17.6 Å². The number of amides is 2. The van der Waals surface area contributed by atoms with Crippen LogP contribution in [0, 0.1) is 0 Å². The topological polar surface area (TPSA) is 67.2 Å². The van der Waals surface area contributed by atoms with Crippen LogP contribution in [-0.2, 0) is 16.1 Å². The molecule has 1 aromatic carbocycles. The average molecular weight is 405 g/mol. The van der Waals surface area contributed by atoms with Gasteiger partial charge in [-0.25, -0.2) is 4.98 Å². The van der Waals surface area contributed by atoms with Crippen molar-refractivity contribution in [3.63, 3.8) is 0 Å². The number of nitrogens with zero attached hydrogens (tertiary/aromatic N) is 3. The third kappa shape index (κ3) is 5.74. The van der Waals surface area contributed by atoms with Gasteiger partial charge in [0.2, 0.25) is 11.8 Å². The summed E-state index contributed by atoms with van der Waals surface area (Å²) >= 11 is 1.36. The zero-order valence-corrected chi connectivity index (χ0v) is 18.8. The van der Waals surface area contributed by atoms with Crippen LogP contribution >= 0.6 is 11.8 Å². The average Bonchev–Trinajstić information content (AvgIpc) is 2.88. The third-order valence-electron chi connectivity index (χ3n) is 4.16. The van der Waals surface area contributed by atoms with Crippen molar-refractivity contribution in [2.24, 2.45) is 0 Å². The first-order chi connectivity index (χ1) is 13.0. The molecule has 28 heavy (non-hydrogen) atoms. The van der Waals surface area contributed by atoms with E-state index in [1.165, 1.54) is 11.8 Å². The van der Waals surface area contributed by atoms with Gasteiger partial charge in [0.1, 0.15) is 6.54 Å². The van der Waals surface area contributed by atoms with E-state index in [1.54, 1.807) is 0 Å². The fourth-order valence-electron chi connectivity index (χ4n) is 3.29. The minimum Gasteiger partial charge on any atom is -0.351 e. The molecular weight excluding hydrogens is 372 g/mol. The Kier molecular flexibility index (Phi) is 7.15. The van der Waals surface area contributed by atoms with E-state index < -0.39 is 0 Å². The van der Waals surface area contributed by atoms with Gasteiger partial charge in [-0.1, -0.05) is 23.9 Å². The molecule has 0 unspecified atom stereocenters. The minimum absolute atomic E-state index is 0.0478. The van der Waals surface area contributed by atoms with Crippen molar-refractivity contribution in [2.75, 3.05) is 5.75 Å². The number of hydrogen-bond donors (Lipinski definition) is 1. The Bertz CT molecular complexity index is 829. The van der Waals surface area contributed by atoms with Gasteiger partial charge in [0.15, 0.2) is 5.16 Å². The molecule has 7 heteroatoms. The van der Waals surface area contributed by atoms with Crippen molar-refractivity contribution in [1.29, 1.82) is 0 Å². The quantitative estimate of drug-likeness (QED) is 0.715. The number of imidazole rings is 1. The van der Waals surface area contributed by atoms with Gasteiger partial charge in [0.25, 0.3) is 0 Å². The van der Waals surface area contributed by atoms with Crippen molar-refractivity contribution in [3.8, 4) is 0 Å². The summed E-state index contributed by atoms with van der Waals surface area (Å²) in [7, 11) is 0. The second-order valence-electron chi connectivity index (χ2n) is 8.54. The van der Waals surface area contributed by atoms with E-state index >= 15 is 0 Å². The van der Waals surface area contributed by atoms with E-state index in [-0.39, 0.29) is 41.7 Å². The lowest BCUT2D eigenvalue weighted by Gasteiger charge is -2.31. The number of hydrogen-bond acceptors (Lipinski definition) is 4. The number of nitrogens with one attached hydrogen (secondary N) is 1. The molecule has 0 fully saturated rings. The molecular formula is C21H32N4O2S. The highest BCUT2D eigenvalue weighted by molar-refractivity contribution is 7.99. The fourth-order valence-corrected chi connectivity index (χ4v) is 4.10. The molecule has 6 nitrogen and oxygen atoms in total. The maximum absolute atomic E-state index is 13.0. The van der Waals surface area contributed by atoms with E-state index in [1.807, 2.05) is 82.2 Å². The van der Waals surface area contributed by atoms with Gasteiger partial charge in [-0.05, 0) is 60.6 Å². The zero-order valence-electron chi connectivity index (χ0n) is 17.9. The molecule has 154 valence electrons. The number of benzene rings is 1. The van der Waals surface area contributed by atoms with Crippen molar-refractivity contribution in [3.05, 3.63) is 24.3 Å². The number of aromatic nitrogens is 2. The second-order valence-corrected chi connectivity index (χ2v) is 9.49. The minimum atomic E-state index is -0.275. The number of carbonyl (C=O) groups is 2. The molecule has 0 aliphatic heterocycles. The fraction of sp³-hybridized carbons (Fsp3) is 0.571. The van der Waals surface area contributed by atoms with Crippen LogP contribution in [-0.4, -0.2) is 49.6 Å². The molecule has 0 radical (unpaired) electrons. The molecule has 2 amide bonds. The standard InChI is InChI=1S/C21H32N4O2S/c1-14(2)25(15(3)4)19(27)12-24-17-11-9-8-10-16(17)22-20(24)28-13-18(26)23-21(5,6)7/h8-11,14-15H,12-13H2,1-7H3,(H,23,26). The van der Waals surface area contributed by atoms with Crippen LogP contribution in [0.15, 0.2) is 29.4 Å². The molecule has 0 aliphatic carbocycles. The summed E-state index contributed by atoms with van der Waals surface area (Å²) in [5, 5.41) is 3.65. The number of thioether (sulfide) groups is 1. The number of rotatable bonds is 7. The van der Waals surface area contributed by atoms with Crippen molar-refractivity contribution in [1.82, 2.24) is 19.8 Å². The van der Waals surface area contributed by atoms with Crippen LogP contribution in [0.1, 0.15) is 48.5 Å². The predicted molar refractivity (Wildman–Crippen MR) is 115 cm³/mol. The smallest absolute Gasteiger partial charge is 0.243 e. The molecule has 0 saturated heterocycles. The molecule has 2 rings (SSSR count). The number of carbonyl (C=O) groups excluding carboxylic acids is 2.